The number of hydrogen-bond acceptors (Lipinski definition) is 2. The highest BCUT2D eigenvalue weighted by Crippen LogP contribution is 2.03. The third-order valence-corrected chi connectivity index (χ3v) is 0.500. The molecule has 6 heteroatoms. The first-order valence-electron chi connectivity index (χ1n) is 3.27. The number of carbonyl (C=O) groups is 1. The van der Waals surface area contributed by atoms with Crippen molar-refractivity contribution in [3.63, 3.8) is 0 Å². The van der Waals surface area contributed by atoms with Gasteiger partial charge >= 0.3 is 0 Å². The third kappa shape index (κ3) is 168. The van der Waals surface area contributed by atoms with Gasteiger partial charge in [-0.2, -0.15) is 0 Å². The molecule has 2 N–H and O–H groups in total. The average molecular weight is 239 g/mol. The summed E-state index contributed by atoms with van der Waals surface area (Å²) in [5.74, 6) is 0. The summed E-state index contributed by atoms with van der Waals surface area (Å²) in [7, 11) is 0. The van der Waals surface area contributed by atoms with E-state index in [-0.39, 0.29) is 6.47 Å². The molecule has 0 bridgehead atoms. The summed E-state index contributed by atoms with van der Waals surface area (Å²) in [4.78, 5) is 8.36. The normalized spacial score (nSPS) is 7.50. The molecule has 0 unspecified atom stereocenters. The molecule has 0 radical (unpaired) electrons. The summed E-state index contributed by atoms with van der Waals surface area (Å²) in [6, 6.07) is 0. The number of carboxylic acid groups (broad SMARTS) is 1. The van der Waals surface area contributed by atoms with Gasteiger partial charge < -0.3 is 10.4 Å². The van der Waals surface area contributed by atoms with Gasteiger partial charge in [0.25, 0.3) is 6.47 Å². The van der Waals surface area contributed by atoms with Gasteiger partial charge in [0.2, 0.25) is 0 Å². The maximum absolute atomic E-state index is 8.36. The monoisotopic (exact) mass is 237 g/mol. The average Bonchev–Trinajstić information content (AvgIpc) is 1.89. The fourth-order valence-electron chi connectivity index (χ4n) is 0.250. The molecule has 0 saturated carbocycles. The second-order valence-electron chi connectivity index (χ2n) is 1.31. The van der Waals surface area contributed by atoms with Crippen LogP contribution in [-0.2, 0) is 4.79 Å². The van der Waals surface area contributed by atoms with Crippen LogP contribution < -0.4 is 5.32 Å². The van der Waals surface area contributed by atoms with Crippen molar-refractivity contribution in [3.05, 3.63) is 0 Å². The van der Waals surface area contributed by atoms with E-state index in [9.17, 15) is 0 Å². The van der Waals surface area contributed by atoms with E-state index < -0.39 is 4.30 Å². The van der Waals surface area contributed by atoms with Crippen molar-refractivity contribution in [3.8, 4) is 0 Å². The first kappa shape index (κ1) is 18.2. The molecule has 0 aliphatic carbocycles. The Morgan fingerprint density at radius 2 is 1.50 bits per heavy atom. The quantitative estimate of drug-likeness (QED) is 0.573. The summed E-state index contributed by atoms with van der Waals surface area (Å²) < 4.78 is -0.750. The zero-order valence-corrected chi connectivity index (χ0v) is 9.33. The molecule has 0 atom stereocenters. The van der Waals surface area contributed by atoms with Crippen LogP contribution in [0.15, 0.2) is 0 Å². The topological polar surface area (TPSA) is 49.3 Å². The SMILES string of the molecule is CCNCC.ClC(Cl)Cl.O=CO. The van der Waals surface area contributed by atoms with E-state index in [4.69, 9.17) is 44.7 Å². The van der Waals surface area contributed by atoms with Crippen molar-refractivity contribution in [2.45, 2.75) is 18.1 Å². The van der Waals surface area contributed by atoms with Gasteiger partial charge in [0.05, 0.1) is 0 Å². The molecule has 0 saturated heterocycles. The van der Waals surface area contributed by atoms with E-state index in [0.29, 0.717) is 0 Å². The van der Waals surface area contributed by atoms with Gasteiger partial charge in [-0.1, -0.05) is 48.7 Å². The largest absolute Gasteiger partial charge is 0.483 e. The number of halogens is 3. The highest BCUT2D eigenvalue weighted by molar-refractivity contribution is 6.63. The van der Waals surface area contributed by atoms with E-state index >= 15 is 0 Å². The minimum Gasteiger partial charge on any atom is -0.483 e. The fourth-order valence-corrected chi connectivity index (χ4v) is 0.250. The van der Waals surface area contributed by atoms with Gasteiger partial charge in [0.15, 0.2) is 4.30 Å². The lowest BCUT2D eigenvalue weighted by molar-refractivity contribution is -0.122. The van der Waals surface area contributed by atoms with Crippen LogP contribution >= 0.6 is 34.8 Å². The molecule has 3 nitrogen and oxygen atoms in total. The molecule has 0 fully saturated rings. The Balaban J connectivity index is -0.000000105. The number of hydrogen-bond donors (Lipinski definition) is 2. The van der Waals surface area contributed by atoms with Crippen LogP contribution in [0.1, 0.15) is 13.8 Å². The Morgan fingerprint density at radius 3 is 1.50 bits per heavy atom. The first-order chi connectivity index (χ1) is 5.56. The van der Waals surface area contributed by atoms with Crippen molar-refractivity contribution in [2.75, 3.05) is 13.1 Å². The molecule has 0 rings (SSSR count). The molecule has 0 aliphatic rings. The molecule has 0 aromatic heterocycles. The molecule has 0 amide bonds. The summed E-state index contributed by atoms with van der Waals surface area (Å²) in [5.41, 5.74) is 0. The Hall–Kier alpha value is 0.300. The minimum atomic E-state index is -0.750. The van der Waals surface area contributed by atoms with Crippen LogP contribution in [0.4, 0.5) is 0 Å². The van der Waals surface area contributed by atoms with Crippen molar-refractivity contribution in [2.24, 2.45) is 0 Å². The van der Waals surface area contributed by atoms with E-state index in [1.807, 2.05) is 0 Å². The Kier molecular flexibility index (Phi) is 34.0. The Labute approximate surface area is 88.0 Å². The molecule has 76 valence electrons. The van der Waals surface area contributed by atoms with E-state index in [1.165, 1.54) is 0 Å². The highest BCUT2D eigenvalue weighted by atomic mass is 35.6. The van der Waals surface area contributed by atoms with Crippen molar-refractivity contribution in [1.82, 2.24) is 5.32 Å². The van der Waals surface area contributed by atoms with Crippen molar-refractivity contribution in [1.29, 1.82) is 0 Å². The molecule has 0 aromatic carbocycles. The second-order valence-corrected chi connectivity index (χ2v) is 3.29. The van der Waals surface area contributed by atoms with Crippen molar-refractivity contribution >= 4 is 41.3 Å². The molecular weight excluding hydrogens is 224 g/mol. The van der Waals surface area contributed by atoms with Gasteiger partial charge in [-0.15, -0.1) is 0 Å². The molecule has 0 spiro atoms. The highest BCUT2D eigenvalue weighted by Gasteiger charge is 1.78. The maximum atomic E-state index is 8.36. The smallest absolute Gasteiger partial charge is 0.290 e. The summed E-state index contributed by atoms with van der Waals surface area (Å²) in [6.45, 7) is 6.14. The summed E-state index contributed by atoms with van der Waals surface area (Å²) >= 11 is 14.4. The fraction of sp³-hybridized carbons (Fsp3) is 0.833. The Bertz CT molecular complexity index is 69.1. The second kappa shape index (κ2) is 22.5. The van der Waals surface area contributed by atoms with Crippen LogP contribution in [0.25, 0.3) is 0 Å². The van der Waals surface area contributed by atoms with E-state index in [1.54, 1.807) is 0 Å². The van der Waals surface area contributed by atoms with Crippen molar-refractivity contribution < 1.29 is 9.90 Å². The lowest BCUT2D eigenvalue weighted by Crippen LogP contribution is -2.09. The zero-order chi connectivity index (χ0) is 10.4. The van der Waals surface area contributed by atoms with E-state index in [0.717, 1.165) is 13.1 Å². The number of alkyl halides is 3. The Morgan fingerprint density at radius 1 is 1.33 bits per heavy atom. The predicted molar refractivity (Wildman–Crippen MR) is 54.3 cm³/mol. The van der Waals surface area contributed by atoms with Gasteiger partial charge in [-0.05, 0) is 13.1 Å². The lowest BCUT2D eigenvalue weighted by Gasteiger charge is -1.86. The van der Waals surface area contributed by atoms with Gasteiger partial charge in [-0.3, -0.25) is 4.79 Å². The zero-order valence-electron chi connectivity index (χ0n) is 7.06. The maximum Gasteiger partial charge on any atom is 0.290 e. The molecular formula is C6H14Cl3NO2. The van der Waals surface area contributed by atoms with Crippen LogP contribution in [0.5, 0.6) is 0 Å². The van der Waals surface area contributed by atoms with Crippen LogP contribution in [0.3, 0.4) is 0 Å². The predicted octanol–water partition coefficient (Wildman–Crippen LogP) is 2.30. The molecule has 0 aromatic rings. The van der Waals surface area contributed by atoms with Crippen LogP contribution in [0.2, 0.25) is 0 Å². The lowest BCUT2D eigenvalue weighted by atomic mass is 10.7. The minimum absolute atomic E-state index is 0.250. The number of nitrogens with one attached hydrogen (secondary N) is 1. The standard InChI is InChI=1S/C4H11N.CHCl3.CH2O2/c1-3-5-4-2;2-1(3)4;2-1-3/h5H,3-4H2,1-2H3;1H;1H,(H,2,3). The summed E-state index contributed by atoms with van der Waals surface area (Å²) in [6.07, 6.45) is 0. The summed E-state index contributed by atoms with van der Waals surface area (Å²) in [5, 5.41) is 10.0. The van der Waals surface area contributed by atoms with Crippen LogP contribution in [-0.4, -0.2) is 29.0 Å². The third-order valence-electron chi connectivity index (χ3n) is 0.500. The molecule has 0 aliphatic heterocycles. The first-order valence-corrected chi connectivity index (χ1v) is 4.58. The number of rotatable bonds is 2. The molecule has 0 heterocycles. The van der Waals surface area contributed by atoms with Gasteiger partial charge in [0, 0.05) is 0 Å². The van der Waals surface area contributed by atoms with Gasteiger partial charge in [0.1, 0.15) is 0 Å². The van der Waals surface area contributed by atoms with Gasteiger partial charge in [-0.25, -0.2) is 0 Å². The van der Waals surface area contributed by atoms with E-state index in [2.05, 4.69) is 19.2 Å². The van der Waals surface area contributed by atoms with Crippen LogP contribution in [0, 0.1) is 0 Å². The molecule has 12 heavy (non-hydrogen) atoms.